The van der Waals surface area contributed by atoms with Crippen molar-refractivity contribution in [3.63, 3.8) is 0 Å². The van der Waals surface area contributed by atoms with Crippen LogP contribution in [0.1, 0.15) is 17.5 Å². The van der Waals surface area contributed by atoms with Crippen LogP contribution in [0.25, 0.3) is 0 Å². The van der Waals surface area contributed by atoms with Gasteiger partial charge in [-0.2, -0.15) is 0 Å². The second kappa shape index (κ2) is 4.75. The SMILES string of the molecule is Cc1ccc(OC2CCN(C)C2=O)c(CO)c1. The third kappa shape index (κ3) is 2.42. The van der Waals surface area contributed by atoms with Crippen molar-refractivity contribution in [2.24, 2.45) is 0 Å². The predicted octanol–water partition coefficient (Wildman–Crippen LogP) is 1.10. The number of carbonyl (C=O) groups excluding carboxylic acids is 1. The summed E-state index contributed by atoms with van der Waals surface area (Å²) in [5, 5.41) is 9.26. The maximum absolute atomic E-state index is 11.7. The van der Waals surface area contributed by atoms with Gasteiger partial charge in [0.2, 0.25) is 0 Å². The molecule has 0 aliphatic carbocycles. The fourth-order valence-corrected chi connectivity index (χ4v) is 2.00. The molecule has 17 heavy (non-hydrogen) atoms. The molecule has 0 saturated carbocycles. The van der Waals surface area contributed by atoms with E-state index >= 15 is 0 Å². The number of aliphatic hydroxyl groups is 1. The van der Waals surface area contributed by atoms with Gasteiger partial charge in [-0.1, -0.05) is 17.7 Å². The number of likely N-dealkylation sites (tertiary alicyclic amines) is 1. The maximum Gasteiger partial charge on any atom is 0.263 e. The Hall–Kier alpha value is -1.55. The minimum absolute atomic E-state index is 0.00876. The zero-order valence-electron chi connectivity index (χ0n) is 10.1. The van der Waals surface area contributed by atoms with Gasteiger partial charge in [-0.25, -0.2) is 0 Å². The number of ether oxygens (including phenoxy) is 1. The summed E-state index contributed by atoms with van der Waals surface area (Å²) in [6.07, 6.45) is 0.293. The van der Waals surface area contributed by atoms with Crippen LogP contribution in [0.3, 0.4) is 0 Å². The van der Waals surface area contributed by atoms with Crippen LogP contribution in [-0.4, -0.2) is 35.6 Å². The molecule has 4 nitrogen and oxygen atoms in total. The highest BCUT2D eigenvalue weighted by atomic mass is 16.5. The van der Waals surface area contributed by atoms with Crippen LogP contribution >= 0.6 is 0 Å². The molecule has 1 aromatic rings. The van der Waals surface area contributed by atoms with E-state index < -0.39 is 6.10 Å². The lowest BCUT2D eigenvalue weighted by atomic mass is 10.1. The number of hydrogen-bond acceptors (Lipinski definition) is 3. The summed E-state index contributed by atoms with van der Waals surface area (Å²) in [7, 11) is 1.77. The number of aliphatic hydroxyl groups excluding tert-OH is 1. The first-order valence-corrected chi connectivity index (χ1v) is 5.74. The Morgan fingerprint density at radius 2 is 2.29 bits per heavy atom. The summed E-state index contributed by atoms with van der Waals surface area (Å²) in [6.45, 7) is 2.61. The summed E-state index contributed by atoms with van der Waals surface area (Å²) < 4.78 is 5.68. The van der Waals surface area contributed by atoms with Gasteiger partial charge in [-0.3, -0.25) is 4.79 Å². The minimum Gasteiger partial charge on any atom is -0.480 e. The largest absolute Gasteiger partial charge is 0.480 e. The molecule has 0 aromatic heterocycles. The first-order chi connectivity index (χ1) is 8.11. The number of amides is 1. The Balaban J connectivity index is 2.16. The smallest absolute Gasteiger partial charge is 0.263 e. The van der Waals surface area contributed by atoms with E-state index in [0.29, 0.717) is 12.2 Å². The monoisotopic (exact) mass is 235 g/mol. The molecule has 0 spiro atoms. The minimum atomic E-state index is -0.409. The van der Waals surface area contributed by atoms with Gasteiger partial charge < -0.3 is 14.7 Å². The first-order valence-electron chi connectivity index (χ1n) is 5.74. The van der Waals surface area contributed by atoms with Crippen LogP contribution in [0, 0.1) is 6.92 Å². The van der Waals surface area contributed by atoms with Gasteiger partial charge in [0.1, 0.15) is 5.75 Å². The van der Waals surface area contributed by atoms with Crippen molar-refractivity contribution < 1.29 is 14.6 Å². The molecule has 1 amide bonds. The Bertz CT molecular complexity index is 431. The third-order valence-electron chi connectivity index (χ3n) is 3.03. The molecule has 2 rings (SSSR count). The van der Waals surface area contributed by atoms with Crippen LogP contribution in [0.2, 0.25) is 0 Å². The number of benzene rings is 1. The van der Waals surface area contributed by atoms with Gasteiger partial charge in [0, 0.05) is 25.6 Å². The molecule has 1 fully saturated rings. The van der Waals surface area contributed by atoms with Gasteiger partial charge >= 0.3 is 0 Å². The average Bonchev–Trinajstić information content (AvgIpc) is 2.63. The molecule has 1 unspecified atom stereocenters. The highest BCUT2D eigenvalue weighted by molar-refractivity contribution is 5.83. The third-order valence-corrected chi connectivity index (χ3v) is 3.03. The van der Waals surface area contributed by atoms with Crippen LogP contribution in [-0.2, 0) is 11.4 Å². The summed E-state index contributed by atoms with van der Waals surface area (Å²) in [5.74, 6) is 0.612. The molecule has 1 aromatic carbocycles. The summed E-state index contributed by atoms with van der Waals surface area (Å²) in [6, 6.07) is 5.60. The van der Waals surface area contributed by atoms with Crippen LogP contribution in [0.4, 0.5) is 0 Å². The van der Waals surface area contributed by atoms with Crippen LogP contribution < -0.4 is 4.74 Å². The lowest BCUT2D eigenvalue weighted by Gasteiger charge is -2.15. The zero-order chi connectivity index (χ0) is 12.4. The molecule has 92 valence electrons. The fraction of sp³-hybridized carbons (Fsp3) is 0.462. The number of carbonyl (C=O) groups is 1. The van der Waals surface area contributed by atoms with Crippen molar-refractivity contribution in [1.29, 1.82) is 0 Å². The molecule has 1 N–H and O–H groups in total. The molecular formula is C13H17NO3. The molecule has 1 saturated heterocycles. The Labute approximate surface area is 101 Å². The van der Waals surface area contributed by atoms with E-state index in [-0.39, 0.29) is 12.5 Å². The Morgan fingerprint density at radius 3 is 2.88 bits per heavy atom. The van der Waals surface area contributed by atoms with E-state index in [1.807, 2.05) is 25.1 Å². The van der Waals surface area contributed by atoms with E-state index in [4.69, 9.17) is 4.74 Å². The summed E-state index contributed by atoms with van der Waals surface area (Å²) in [5.41, 5.74) is 1.80. The van der Waals surface area contributed by atoms with E-state index in [1.165, 1.54) is 0 Å². The second-order valence-corrected chi connectivity index (χ2v) is 4.42. The number of nitrogens with zero attached hydrogens (tertiary/aromatic N) is 1. The Morgan fingerprint density at radius 1 is 1.53 bits per heavy atom. The van der Waals surface area contributed by atoms with Crippen molar-refractivity contribution >= 4 is 5.91 Å². The number of rotatable bonds is 3. The lowest BCUT2D eigenvalue weighted by Crippen LogP contribution is -2.29. The number of hydrogen-bond donors (Lipinski definition) is 1. The zero-order valence-corrected chi connectivity index (χ0v) is 10.1. The standard InChI is InChI=1S/C13H17NO3/c1-9-3-4-11(10(7-9)8-15)17-12-5-6-14(2)13(12)16/h3-4,7,12,15H,5-6,8H2,1-2H3. The lowest BCUT2D eigenvalue weighted by molar-refractivity contribution is -0.132. The van der Waals surface area contributed by atoms with Crippen molar-refractivity contribution in [3.8, 4) is 5.75 Å². The number of aryl methyl sites for hydroxylation is 1. The van der Waals surface area contributed by atoms with Gasteiger partial charge in [-0.05, 0) is 13.0 Å². The molecule has 1 atom stereocenters. The predicted molar refractivity (Wildman–Crippen MR) is 63.8 cm³/mol. The molecule has 1 aliphatic heterocycles. The van der Waals surface area contributed by atoms with Crippen LogP contribution in [0.15, 0.2) is 18.2 Å². The highest BCUT2D eigenvalue weighted by Crippen LogP contribution is 2.24. The summed E-state index contributed by atoms with van der Waals surface area (Å²) in [4.78, 5) is 13.4. The average molecular weight is 235 g/mol. The van der Waals surface area contributed by atoms with E-state index in [0.717, 1.165) is 17.7 Å². The molecule has 4 heteroatoms. The van der Waals surface area contributed by atoms with Crippen molar-refractivity contribution in [2.45, 2.75) is 26.1 Å². The molecule has 0 bridgehead atoms. The highest BCUT2D eigenvalue weighted by Gasteiger charge is 2.31. The van der Waals surface area contributed by atoms with Crippen LogP contribution in [0.5, 0.6) is 5.75 Å². The van der Waals surface area contributed by atoms with Gasteiger partial charge in [0.15, 0.2) is 6.10 Å². The second-order valence-electron chi connectivity index (χ2n) is 4.42. The summed E-state index contributed by atoms with van der Waals surface area (Å²) >= 11 is 0. The van der Waals surface area contributed by atoms with Gasteiger partial charge in [0.25, 0.3) is 5.91 Å². The van der Waals surface area contributed by atoms with Gasteiger partial charge in [-0.15, -0.1) is 0 Å². The Kier molecular flexibility index (Phi) is 3.33. The molecular weight excluding hydrogens is 218 g/mol. The van der Waals surface area contributed by atoms with E-state index in [9.17, 15) is 9.90 Å². The first kappa shape index (κ1) is 11.9. The van der Waals surface area contributed by atoms with Gasteiger partial charge in [0.05, 0.1) is 6.61 Å². The quantitative estimate of drug-likeness (QED) is 0.853. The normalized spacial score (nSPS) is 19.8. The fourth-order valence-electron chi connectivity index (χ4n) is 2.00. The van der Waals surface area contributed by atoms with Crippen molar-refractivity contribution in [3.05, 3.63) is 29.3 Å². The van der Waals surface area contributed by atoms with Crippen molar-refractivity contribution in [2.75, 3.05) is 13.6 Å². The molecule has 0 radical (unpaired) electrons. The topological polar surface area (TPSA) is 49.8 Å². The van der Waals surface area contributed by atoms with E-state index in [1.54, 1.807) is 11.9 Å². The molecule has 1 aliphatic rings. The van der Waals surface area contributed by atoms with E-state index in [2.05, 4.69) is 0 Å². The van der Waals surface area contributed by atoms with Crippen molar-refractivity contribution in [1.82, 2.24) is 4.90 Å². The maximum atomic E-state index is 11.7. The number of likely N-dealkylation sites (N-methyl/N-ethyl adjacent to an activating group) is 1. The molecule has 1 heterocycles.